The van der Waals surface area contributed by atoms with E-state index in [0.717, 1.165) is 57.8 Å². The molecule has 5 heteroatoms. The van der Waals surface area contributed by atoms with Gasteiger partial charge in [0, 0.05) is 39.8 Å². The fourth-order valence-electron chi connectivity index (χ4n) is 3.96. The Hall–Kier alpha value is -1.59. The second-order valence-corrected chi connectivity index (χ2v) is 7.43. The predicted molar refractivity (Wildman–Crippen MR) is 108 cm³/mol. The largest absolute Gasteiger partial charge is 0.379 e. The van der Waals surface area contributed by atoms with E-state index in [1.165, 1.54) is 37.8 Å². The van der Waals surface area contributed by atoms with E-state index in [-0.39, 0.29) is 0 Å². The van der Waals surface area contributed by atoms with Crippen LogP contribution in [0.3, 0.4) is 0 Å². The van der Waals surface area contributed by atoms with Crippen molar-refractivity contribution in [2.45, 2.75) is 25.7 Å². The Morgan fingerprint density at radius 3 is 2.73 bits per heavy atom. The van der Waals surface area contributed by atoms with Gasteiger partial charge in [0.15, 0.2) is 5.96 Å². The molecule has 1 N–H and O–H groups in total. The Bertz CT molecular complexity index is 542. The highest BCUT2D eigenvalue weighted by Crippen LogP contribution is 2.20. The van der Waals surface area contributed by atoms with Crippen molar-refractivity contribution in [1.82, 2.24) is 15.1 Å². The van der Waals surface area contributed by atoms with E-state index in [2.05, 4.69) is 50.4 Å². The van der Waals surface area contributed by atoms with E-state index in [4.69, 9.17) is 4.74 Å². The van der Waals surface area contributed by atoms with Crippen molar-refractivity contribution >= 4 is 5.96 Å². The predicted octanol–water partition coefficient (Wildman–Crippen LogP) is 2.24. The number of nitrogens with zero attached hydrogens (tertiary/aromatic N) is 3. The molecule has 0 radical (unpaired) electrons. The SMILES string of the molecule is CN=C(NCCCCN1CCOCC1)N1CCC(Cc2ccccc2)C1. The summed E-state index contributed by atoms with van der Waals surface area (Å²) in [5.74, 6) is 1.81. The number of benzene rings is 1. The van der Waals surface area contributed by atoms with Gasteiger partial charge in [-0.3, -0.25) is 9.89 Å². The van der Waals surface area contributed by atoms with E-state index < -0.39 is 0 Å². The third-order valence-corrected chi connectivity index (χ3v) is 5.45. The van der Waals surface area contributed by atoms with Gasteiger partial charge in [0.1, 0.15) is 0 Å². The standard InChI is InChI=1S/C21H34N4O/c1-22-21(23-10-5-6-11-24-13-15-26-16-14-24)25-12-9-20(18-25)17-19-7-3-2-4-8-19/h2-4,7-8,20H,5-6,9-18H2,1H3,(H,22,23). The summed E-state index contributed by atoms with van der Waals surface area (Å²) in [5, 5.41) is 3.57. The molecule has 2 saturated heterocycles. The lowest BCUT2D eigenvalue weighted by Gasteiger charge is -2.26. The van der Waals surface area contributed by atoms with Gasteiger partial charge in [-0.2, -0.15) is 0 Å². The van der Waals surface area contributed by atoms with Gasteiger partial charge in [0.2, 0.25) is 0 Å². The minimum absolute atomic E-state index is 0.734. The number of unbranched alkanes of at least 4 members (excludes halogenated alkanes) is 1. The first-order valence-corrected chi connectivity index (χ1v) is 10.1. The molecule has 2 fully saturated rings. The third-order valence-electron chi connectivity index (χ3n) is 5.45. The minimum Gasteiger partial charge on any atom is -0.379 e. The fraction of sp³-hybridized carbons (Fsp3) is 0.667. The number of hydrogen-bond donors (Lipinski definition) is 1. The highest BCUT2D eigenvalue weighted by molar-refractivity contribution is 5.80. The molecule has 2 heterocycles. The van der Waals surface area contributed by atoms with E-state index >= 15 is 0 Å². The highest BCUT2D eigenvalue weighted by Gasteiger charge is 2.24. The smallest absolute Gasteiger partial charge is 0.193 e. The van der Waals surface area contributed by atoms with Gasteiger partial charge in [-0.1, -0.05) is 30.3 Å². The molecule has 1 aromatic carbocycles. The molecule has 3 rings (SSSR count). The normalized spacial score (nSPS) is 22.0. The van der Waals surface area contributed by atoms with Crippen molar-refractivity contribution in [2.75, 3.05) is 59.5 Å². The third kappa shape index (κ3) is 5.99. The van der Waals surface area contributed by atoms with E-state index in [0.29, 0.717) is 0 Å². The Morgan fingerprint density at radius 2 is 1.96 bits per heavy atom. The van der Waals surface area contributed by atoms with Crippen LogP contribution >= 0.6 is 0 Å². The number of guanidine groups is 1. The van der Waals surface area contributed by atoms with Crippen molar-refractivity contribution in [1.29, 1.82) is 0 Å². The Labute approximate surface area is 158 Å². The molecule has 2 aliphatic heterocycles. The average molecular weight is 359 g/mol. The lowest BCUT2D eigenvalue weighted by molar-refractivity contribution is 0.0372. The lowest BCUT2D eigenvalue weighted by Crippen LogP contribution is -2.41. The maximum absolute atomic E-state index is 5.40. The zero-order chi connectivity index (χ0) is 18.0. The molecule has 0 bridgehead atoms. The van der Waals surface area contributed by atoms with Crippen LogP contribution in [0.25, 0.3) is 0 Å². The summed E-state index contributed by atoms with van der Waals surface area (Å²) in [5.41, 5.74) is 1.45. The van der Waals surface area contributed by atoms with E-state index in [1.807, 2.05) is 7.05 Å². The van der Waals surface area contributed by atoms with Crippen LogP contribution in [0.4, 0.5) is 0 Å². The van der Waals surface area contributed by atoms with Gasteiger partial charge in [-0.05, 0) is 43.7 Å². The summed E-state index contributed by atoms with van der Waals surface area (Å²) >= 11 is 0. The highest BCUT2D eigenvalue weighted by atomic mass is 16.5. The van der Waals surface area contributed by atoms with Gasteiger partial charge < -0.3 is 15.0 Å². The Kier molecular flexibility index (Phi) is 7.77. The van der Waals surface area contributed by atoms with Crippen molar-refractivity contribution in [3.8, 4) is 0 Å². The second-order valence-electron chi connectivity index (χ2n) is 7.43. The summed E-state index contributed by atoms with van der Waals surface area (Å²) in [7, 11) is 1.90. The molecule has 144 valence electrons. The van der Waals surface area contributed by atoms with Gasteiger partial charge in [-0.15, -0.1) is 0 Å². The molecule has 5 nitrogen and oxygen atoms in total. The Morgan fingerprint density at radius 1 is 1.15 bits per heavy atom. The number of likely N-dealkylation sites (tertiary alicyclic amines) is 1. The first kappa shape index (κ1) is 19.2. The molecular weight excluding hydrogens is 324 g/mol. The van der Waals surface area contributed by atoms with Crippen molar-refractivity contribution in [3.05, 3.63) is 35.9 Å². The molecule has 1 unspecified atom stereocenters. The van der Waals surface area contributed by atoms with Gasteiger partial charge >= 0.3 is 0 Å². The second kappa shape index (κ2) is 10.5. The zero-order valence-electron chi connectivity index (χ0n) is 16.2. The summed E-state index contributed by atoms with van der Waals surface area (Å²) < 4.78 is 5.40. The van der Waals surface area contributed by atoms with Crippen LogP contribution in [0, 0.1) is 5.92 Å². The molecule has 0 aromatic heterocycles. The van der Waals surface area contributed by atoms with Crippen LogP contribution in [-0.4, -0.2) is 75.3 Å². The minimum atomic E-state index is 0.734. The van der Waals surface area contributed by atoms with Crippen LogP contribution in [0.1, 0.15) is 24.8 Å². The van der Waals surface area contributed by atoms with Crippen molar-refractivity contribution < 1.29 is 4.74 Å². The van der Waals surface area contributed by atoms with Crippen molar-refractivity contribution in [2.24, 2.45) is 10.9 Å². The number of ether oxygens (including phenoxy) is 1. The number of rotatable bonds is 7. The number of morpholine rings is 1. The molecule has 1 aromatic rings. The average Bonchev–Trinajstić information content (AvgIpc) is 3.14. The fourth-order valence-corrected chi connectivity index (χ4v) is 3.96. The quantitative estimate of drug-likeness (QED) is 0.461. The molecular formula is C21H34N4O. The molecule has 1 atom stereocenters. The van der Waals surface area contributed by atoms with Crippen molar-refractivity contribution in [3.63, 3.8) is 0 Å². The van der Waals surface area contributed by atoms with E-state index in [1.54, 1.807) is 0 Å². The number of aliphatic imine (C=N–C) groups is 1. The number of hydrogen-bond acceptors (Lipinski definition) is 3. The molecule has 26 heavy (non-hydrogen) atoms. The summed E-state index contributed by atoms with van der Waals surface area (Å²) in [6.45, 7) is 8.39. The molecule has 0 aliphatic carbocycles. The maximum atomic E-state index is 5.40. The van der Waals surface area contributed by atoms with Crippen LogP contribution in [0.2, 0.25) is 0 Å². The molecule has 0 amide bonds. The lowest BCUT2D eigenvalue weighted by atomic mass is 9.99. The first-order valence-electron chi connectivity index (χ1n) is 10.1. The van der Waals surface area contributed by atoms with Crippen LogP contribution in [0.5, 0.6) is 0 Å². The van der Waals surface area contributed by atoms with Gasteiger partial charge in [0.25, 0.3) is 0 Å². The monoisotopic (exact) mass is 358 g/mol. The molecule has 0 spiro atoms. The topological polar surface area (TPSA) is 40.1 Å². The van der Waals surface area contributed by atoms with Crippen LogP contribution < -0.4 is 5.32 Å². The van der Waals surface area contributed by atoms with E-state index in [9.17, 15) is 0 Å². The van der Waals surface area contributed by atoms with Crippen LogP contribution in [0.15, 0.2) is 35.3 Å². The van der Waals surface area contributed by atoms with Gasteiger partial charge in [0.05, 0.1) is 13.2 Å². The summed E-state index contributed by atoms with van der Waals surface area (Å²) in [6, 6.07) is 10.8. The zero-order valence-corrected chi connectivity index (χ0v) is 16.2. The summed E-state index contributed by atoms with van der Waals surface area (Å²) in [4.78, 5) is 9.44. The molecule has 0 saturated carbocycles. The summed E-state index contributed by atoms with van der Waals surface area (Å²) in [6.07, 6.45) is 4.86. The number of nitrogens with one attached hydrogen (secondary N) is 1. The maximum Gasteiger partial charge on any atom is 0.193 e. The Balaban J connectivity index is 1.32. The van der Waals surface area contributed by atoms with Gasteiger partial charge in [-0.25, -0.2) is 0 Å². The van der Waals surface area contributed by atoms with Crippen LogP contribution in [-0.2, 0) is 11.2 Å². The molecule has 2 aliphatic rings. The first-order chi connectivity index (χ1) is 12.8.